The summed E-state index contributed by atoms with van der Waals surface area (Å²) in [7, 11) is -4.52. The van der Waals surface area contributed by atoms with E-state index >= 15 is 0 Å². The van der Waals surface area contributed by atoms with E-state index in [0.29, 0.717) is 4.90 Å². The Morgan fingerprint density at radius 2 is 1.69 bits per heavy atom. The van der Waals surface area contributed by atoms with Crippen molar-refractivity contribution in [2.24, 2.45) is 5.73 Å². The van der Waals surface area contributed by atoms with E-state index in [-0.39, 0.29) is 16.6 Å². The second-order valence-electron chi connectivity index (χ2n) is 5.65. The van der Waals surface area contributed by atoms with Gasteiger partial charge >= 0.3 is 28.4 Å². The van der Waals surface area contributed by atoms with Crippen LogP contribution in [0.1, 0.15) is 10.4 Å². The number of carbonyl (C=O) groups excluding carboxylic acids is 3. The van der Waals surface area contributed by atoms with Crippen LogP contribution >= 0.6 is 15.9 Å². The van der Waals surface area contributed by atoms with Crippen molar-refractivity contribution in [1.82, 2.24) is 19.9 Å². The Labute approximate surface area is 184 Å². The Kier molecular flexibility index (Phi) is 8.38. The van der Waals surface area contributed by atoms with Crippen molar-refractivity contribution in [3.8, 4) is 11.5 Å². The van der Waals surface area contributed by atoms with Crippen LogP contribution in [0.5, 0.6) is 11.5 Å². The topological polar surface area (TPSA) is 228 Å². The van der Waals surface area contributed by atoms with E-state index < -0.39 is 57.7 Å². The molecule has 14 nitrogen and oxygen atoms in total. The Bertz CT molecular complexity index is 1050. The lowest BCUT2D eigenvalue weighted by Crippen LogP contribution is -2.66. The molecule has 0 spiro atoms. The highest BCUT2D eigenvalue weighted by Gasteiger charge is 2.39. The molecule has 4 amide bonds. The number of halogens is 4. The molecule has 0 aliphatic carbocycles. The molecule has 19 heteroatoms. The first kappa shape index (κ1) is 26.9. The molecule has 1 aromatic rings. The van der Waals surface area contributed by atoms with Crippen molar-refractivity contribution < 1.29 is 56.1 Å². The van der Waals surface area contributed by atoms with Gasteiger partial charge in [0, 0.05) is 4.47 Å². The number of hydrogen-bond acceptors (Lipinski definition) is 9. The Morgan fingerprint density at radius 1 is 1.19 bits per heavy atom. The predicted molar refractivity (Wildman–Crippen MR) is 98.9 cm³/mol. The second kappa shape index (κ2) is 9.97. The molecule has 0 unspecified atom stereocenters. The van der Waals surface area contributed by atoms with E-state index in [0.717, 1.165) is 12.1 Å². The van der Waals surface area contributed by atoms with Gasteiger partial charge in [-0.1, -0.05) is 0 Å². The normalized spacial score (nSPS) is 15.7. The predicted octanol–water partition coefficient (Wildman–Crippen LogP) is -1.15. The van der Waals surface area contributed by atoms with E-state index in [9.17, 15) is 46.2 Å². The number of aliphatic carboxylic acids is 1. The first-order chi connectivity index (χ1) is 14.5. The second-order valence-corrected chi connectivity index (χ2v) is 7.92. The summed E-state index contributed by atoms with van der Waals surface area (Å²) in [6, 6.07) is -0.168. The zero-order chi connectivity index (χ0) is 25.0. The van der Waals surface area contributed by atoms with Gasteiger partial charge in [0.25, 0.3) is 5.91 Å². The molecule has 2 rings (SSSR count). The number of amides is 4. The zero-order valence-electron chi connectivity index (χ0n) is 15.2. The third-order valence-electron chi connectivity index (χ3n) is 3.28. The number of carbonyl (C=O) groups is 4. The van der Waals surface area contributed by atoms with Crippen molar-refractivity contribution in [1.29, 1.82) is 0 Å². The molecule has 1 aliphatic rings. The monoisotopic (exact) mass is 551 g/mol. The maximum absolute atomic E-state index is 11.9. The number of β-lactam (4-membered cyclic amide) rings is 1. The number of urea groups is 1. The van der Waals surface area contributed by atoms with Gasteiger partial charge in [0.2, 0.25) is 5.91 Å². The van der Waals surface area contributed by atoms with Crippen LogP contribution in [-0.2, 0) is 19.8 Å². The smallest absolute Gasteiger partial charge is 0.490 e. The van der Waals surface area contributed by atoms with Crippen LogP contribution in [0.3, 0.4) is 0 Å². The van der Waals surface area contributed by atoms with Gasteiger partial charge in [0.05, 0.1) is 12.1 Å². The molecule has 1 fully saturated rings. The molecule has 8 N–H and O–H groups in total. The number of nitrogens with zero attached hydrogens (tertiary/aromatic N) is 1. The number of aromatic hydroxyl groups is 2. The van der Waals surface area contributed by atoms with Gasteiger partial charge < -0.3 is 21.1 Å². The zero-order valence-corrected chi connectivity index (χ0v) is 17.6. The highest BCUT2D eigenvalue weighted by molar-refractivity contribution is 9.10. The third-order valence-corrected chi connectivity index (χ3v) is 4.75. The number of hydrogen-bond donors (Lipinski definition) is 7. The maximum Gasteiger partial charge on any atom is 0.490 e. The maximum atomic E-state index is 11.9. The van der Waals surface area contributed by atoms with Gasteiger partial charge in [-0.2, -0.15) is 21.6 Å². The van der Waals surface area contributed by atoms with Gasteiger partial charge in [0.15, 0.2) is 11.5 Å². The van der Waals surface area contributed by atoms with E-state index in [4.69, 9.17) is 15.6 Å². The number of nitrogens with one attached hydrogen (secondary N) is 3. The molecule has 1 aliphatic heterocycles. The number of carboxylic acid groups (broad SMARTS) is 1. The molecular weight excluding hydrogens is 539 g/mol. The number of alkyl halides is 3. The number of phenolic OH excluding ortho intramolecular Hbond substituents is 2. The minimum atomic E-state index is -5.08. The van der Waals surface area contributed by atoms with Crippen molar-refractivity contribution in [2.75, 3.05) is 6.54 Å². The van der Waals surface area contributed by atoms with Crippen molar-refractivity contribution in [3.05, 3.63) is 22.2 Å². The number of rotatable bonds is 4. The number of nitrogens with two attached hydrogens (primary N) is 1. The first-order valence-electron chi connectivity index (χ1n) is 7.68. The van der Waals surface area contributed by atoms with Gasteiger partial charge in [0.1, 0.15) is 6.04 Å². The molecular formula is C13H13BrF3N5O9S. The number of carboxylic acids is 1. The average Bonchev–Trinajstić information content (AvgIpc) is 2.66. The minimum Gasteiger partial charge on any atom is -0.504 e. The number of benzene rings is 1. The van der Waals surface area contributed by atoms with Crippen LogP contribution < -0.4 is 20.7 Å². The molecule has 0 saturated carbocycles. The minimum absolute atomic E-state index is 0.0729. The van der Waals surface area contributed by atoms with Crippen LogP contribution in [0.2, 0.25) is 0 Å². The summed E-state index contributed by atoms with van der Waals surface area (Å²) in [6.45, 7) is -0.133. The third kappa shape index (κ3) is 7.21. The van der Waals surface area contributed by atoms with E-state index in [2.05, 4.69) is 15.9 Å². The van der Waals surface area contributed by atoms with Gasteiger partial charge in [-0.25, -0.2) is 14.3 Å². The number of phenols is 2. The quantitative estimate of drug-likeness (QED) is 0.135. The number of hydrazine groups is 1. The van der Waals surface area contributed by atoms with Crippen LogP contribution in [0.15, 0.2) is 16.6 Å². The number of likely N-dealkylation sites (tertiary alicyclic amines) is 1. The number of imide groups is 1. The van der Waals surface area contributed by atoms with Crippen LogP contribution in [0.25, 0.3) is 0 Å². The van der Waals surface area contributed by atoms with Gasteiger partial charge in [-0.15, -0.1) is 4.83 Å². The fourth-order valence-corrected chi connectivity index (χ4v) is 2.87. The molecule has 1 saturated heterocycles. The SMILES string of the molecule is N[C@H]1CN(C(=O)NS(=O)(=O)NNC(=O)c2cc(O)c(O)cc2Br)C1=O.O=C(O)C(F)(F)F. The lowest BCUT2D eigenvalue weighted by molar-refractivity contribution is -0.192. The first-order valence-corrected chi connectivity index (χ1v) is 9.96. The van der Waals surface area contributed by atoms with Gasteiger partial charge in [-0.3, -0.25) is 19.9 Å². The fraction of sp³-hybridized carbons (Fsp3) is 0.231. The van der Waals surface area contributed by atoms with E-state index in [1.807, 2.05) is 0 Å². The lowest BCUT2D eigenvalue weighted by Gasteiger charge is -2.33. The highest BCUT2D eigenvalue weighted by Crippen LogP contribution is 2.31. The largest absolute Gasteiger partial charge is 0.504 e. The summed E-state index contributed by atoms with van der Waals surface area (Å²) in [5, 5.41) is 25.8. The molecule has 0 radical (unpaired) electrons. The average molecular weight is 552 g/mol. The molecule has 178 valence electrons. The van der Waals surface area contributed by atoms with Crippen molar-refractivity contribution in [3.63, 3.8) is 0 Å². The van der Waals surface area contributed by atoms with E-state index in [1.165, 1.54) is 4.72 Å². The van der Waals surface area contributed by atoms with Gasteiger partial charge in [-0.05, 0) is 28.1 Å². The molecule has 1 aromatic carbocycles. The van der Waals surface area contributed by atoms with Crippen LogP contribution in [0.4, 0.5) is 18.0 Å². The van der Waals surface area contributed by atoms with Crippen LogP contribution in [-0.4, -0.2) is 71.2 Å². The summed E-state index contributed by atoms with van der Waals surface area (Å²) in [6.07, 6.45) is -5.08. The van der Waals surface area contributed by atoms with Crippen LogP contribution in [0, 0.1) is 0 Å². The molecule has 1 atom stereocenters. The summed E-state index contributed by atoms with van der Waals surface area (Å²) in [5.74, 6) is -5.58. The van der Waals surface area contributed by atoms with Crippen molar-refractivity contribution in [2.45, 2.75) is 12.2 Å². The fourth-order valence-electron chi connectivity index (χ4n) is 1.74. The Morgan fingerprint density at radius 3 is 2.12 bits per heavy atom. The summed E-state index contributed by atoms with van der Waals surface area (Å²) < 4.78 is 56.7. The standard InChI is InChI=1S/C11H12BrN5O7S.C2HF3O2/c12-5-2-8(19)7(18)1-4(5)9(20)14-16-25(23,24)15-11(22)17-3-6(13)10(17)21;3-2(4,5)1(6)7/h1-2,6,16,18-19H,3,13H2,(H,14,20)(H,15,22);(H,6,7)/t6-;/m0./s1. The van der Waals surface area contributed by atoms with Crippen molar-refractivity contribution >= 4 is 50.0 Å². The summed E-state index contributed by atoms with van der Waals surface area (Å²) >= 11 is 2.96. The molecule has 0 aromatic heterocycles. The summed E-state index contributed by atoms with van der Waals surface area (Å²) in [4.78, 5) is 45.8. The Balaban J connectivity index is 0.000000633. The molecule has 32 heavy (non-hydrogen) atoms. The van der Waals surface area contributed by atoms with E-state index in [1.54, 1.807) is 10.3 Å². The molecule has 1 heterocycles. The summed E-state index contributed by atoms with van der Waals surface area (Å²) in [5.41, 5.74) is 6.86. The Hall–Kier alpha value is -3.16. The molecule has 0 bridgehead atoms. The highest BCUT2D eigenvalue weighted by atomic mass is 79.9. The lowest BCUT2D eigenvalue weighted by atomic mass is 10.1.